The maximum absolute atomic E-state index is 14.0. The lowest BCUT2D eigenvalue weighted by Crippen LogP contribution is -2.39. The molecule has 6 nitrogen and oxygen atoms in total. The quantitative estimate of drug-likeness (QED) is 0.655. The van der Waals surface area contributed by atoms with Gasteiger partial charge in [-0.25, -0.2) is 17.2 Å². The summed E-state index contributed by atoms with van der Waals surface area (Å²) < 4.78 is 59.6. The van der Waals surface area contributed by atoms with E-state index >= 15 is 0 Å². The first kappa shape index (κ1) is 18.2. The number of benzene rings is 1. The minimum atomic E-state index is -4.08. The van der Waals surface area contributed by atoms with Gasteiger partial charge in [0.2, 0.25) is 15.9 Å². The van der Waals surface area contributed by atoms with Crippen molar-refractivity contribution in [2.45, 2.75) is 23.7 Å². The lowest BCUT2D eigenvalue weighted by Gasteiger charge is -2.30. The lowest BCUT2D eigenvalue weighted by atomic mass is 10.00. The van der Waals surface area contributed by atoms with E-state index in [-0.39, 0.29) is 19.0 Å². The van der Waals surface area contributed by atoms with Gasteiger partial charge in [-0.15, -0.1) is 21.5 Å². The Hall–Kier alpha value is -2.17. The Kier molecular flexibility index (Phi) is 4.79. The van der Waals surface area contributed by atoms with E-state index in [2.05, 4.69) is 10.2 Å². The number of rotatable bonds is 4. The molecule has 27 heavy (non-hydrogen) atoms. The Morgan fingerprint density at radius 1 is 1.22 bits per heavy atom. The molecule has 0 saturated carbocycles. The van der Waals surface area contributed by atoms with Crippen LogP contribution in [0, 0.1) is 11.6 Å². The molecular weight excluding hydrogens is 396 g/mol. The SMILES string of the molecule is O=S(=O)(c1ccc(F)cc1F)N1CCCC(c2nnc(-c3cccs3)o2)C1. The van der Waals surface area contributed by atoms with Gasteiger partial charge in [0.25, 0.3) is 5.89 Å². The highest BCUT2D eigenvalue weighted by atomic mass is 32.2. The molecule has 10 heteroatoms. The van der Waals surface area contributed by atoms with Gasteiger partial charge in [0.05, 0.1) is 10.8 Å². The molecule has 0 amide bonds. The van der Waals surface area contributed by atoms with Crippen molar-refractivity contribution >= 4 is 21.4 Å². The minimum Gasteiger partial charge on any atom is -0.420 e. The zero-order chi connectivity index (χ0) is 19.0. The summed E-state index contributed by atoms with van der Waals surface area (Å²) in [5.74, 6) is -1.45. The summed E-state index contributed by atoms with van der Waals surface area (Å²) in [6.45, 7) is 0.354. The Bertz CT molecular complexity index is 1050. The number of sulfonamides is 1. The van der Waals surface area contributed by atoms with Crippen molar-refractivity contribution in [3.8, 4) is 10.8 Å². The second-order valence-electron chi connectivity index (χ2n) is 6.20. The monoisotopic (exact) mass is 411 g/mol. The molecule has 3 heterocycles. The van der Waals surface area contributed by atoms with Gasteiger partial charge in [0, 0.05) is 19.2 Å². The smallest absolute Gasteiger partial charge is 0.257 e. The summed E-state index contributed by atoms with van der Waals surface area (Å²) in [5, 5.41) is 9.98. The molecule has 1 aromatic carbocycles. The van der Waals surface area contributed by atoms with E-state index in [1.54, 1.807) is 0 Å². The largest absolute Gasteiger partial charge is 0.420 e. The predicted molar refractivity (Wildman–Crippen MR) is 94.7 cm³/mol. The standard InChI is InChI=1S/C17H15F2N3O3S2/c18-12-5-6-15(13(19)9-12)27(23,24)22-7-1-3-11(10-22)16-20-21-17(25-16)14-4-2-8-26-14/h2,4-6,8-9,11H,1,3,7,10H2. The van der Waals surface area contributed by atoms with E-state index in [0.717, 1.165) is 17.0 Å². The van der Waals surface area contributed by atoms with Crippen molar-refractivity contribution in [1.29, 1.82) is 0 Å². The van der Waals surface area contributed by atoms with Crippen molar-refractivity contribution in [3.63, 3.8) is 0 Å². The van der Waals surface area contributed by atoms with Crippen LogP contribution in [-0.2, 0) is 10.0 Å². The molecular formula is C17H15F2N3O3S2. The van der Waals surface area contributed by atoms with Crippen molar-refractivity contribution in [2.75, 3.05) is 13.1 Å². The van der Waals surface area contributed by atoms with E-state index < -0.39 is 26.6 Å². The van der Waals surface area contributed by atoms with Crippen LogP contribution in [0.25, 0.3) is 10.8 Å². The van der Waals surface area contributed by atoms with Crippen LogP contribution in [0.15, 0.2) is 45.0 Å². The summed E-state index contributed by atoms with van der Waals surface area (Å²) >= 11 is 1.47. The van der Waals surface area contributed by atoms with Crippen LogP contribution in [0.3, 0.4) is 0 Å². The van der Waals surface area contributed by atoms with Crippen molar-refractivity contribution in [1.82, 2.24) is 14.5 Å². The van der Waals surface area contributed by atoms with Gasteiger partial charge < -0.3 is 4.42 Å². The summed E-state index contributed by atoms with van der Waals surface area (Å²) in [6, 6.07) is 6.18. The van der Waals surface area contributed by atoms with Crippen LogP contribution in [0.1, 0.15) is 24.7 Å². The van der Waals surface area contributed by atoms with Crippen LogP contribution < -0.4 is 0 Å². The second kappa shape index (κ2) is 7.10. The third kappa shape index (κ3) is 3.52. The lowest BCUT2D eigenvalue weighted by molar-refractivity contribution is 0.285. The highest BCUT2D eigenvalue weighted by Crippen LogP contribution is 2.32. The molecule has 0 radical (unpaired) electrons. The average molecular weight is 411 g/mol. The van der Waals surface area contributed by atoms with Gasteiger partial charge in [-0.3, -0.25) is 0 Å². The number of nitrogens with zero attached hydrogens (tertiary/aromatic N) is 3. The normalized spacial score (nSPS) is 18.7. The molecule has 2 aromatic heterocycles. The van der Waals surface area contributed by atoms with Crippen LogP contribution in [0.4, 0.5) is 8.78 Å². The fraction of sp³-hybridized carbons (Fsp3) is 0.294. The third-order valence-corrected chi connectivity index (χ3v) is 7.17. The first-order chi connectivity index (χ1) is 12.9. The summed E-state index contributed by atoms with van der Waals surface area (Å²) in [6.07, 6.45) is 1.26. The fourth-order valence-electron chi connectivity index (χ4n) is 3.09. The molecule has 0 aliphatic carbocycles. The highest BCUT2D eigenvalue weighted by molar-refractivity contribution is 7.89. The van der Waals surface area contributed by atoms with E-state index in [9.17, 15) is 17.2 Å². The average Bonchev–Trinajstić information content (AvgIpc) is 3.33. The zero-order valence-electron chi connectivity index (χ0n) is 14.0. The molecule has 0 N–H and O–H groups in total. The topological polar surface area (TPSA) is 76.3 Å². The van der Waals surface area contributed by atoms with Crippen LogP contribution in [0.2, 0.25) is 0 Å². The first-order valence-electron chi connectivity index (χ1n) is 8.27. The summed E-state index contributed by atoms with van der Waals surface area (Å²) in [5.41, 5.74) is 0. The van der Waals surface area contributed by atoms with Gasteiger partial charge in [-0.1, -0.05) is 6.07 Å². The first-order valence-corrected chi connectivity index (χ1v) is 10.6. The Morgan fingerprint density at radius 3 is 2.81 bits per heavy atom. The number of piperidine rings is 1. The number of thiophene rings is 1. The Balaban J connectivity index is 1.57. The Morgan fingerprint density at radius 2 is 2.07 bits per heavy atom. The molecule has 1 unspecified atom stereocenters. The summed E-state index contributed by atoms with van der Waals surface area (Å²) in [4.78, 5) is 0.303. The van der Waals surface area contributed by atoms with Gasteiger partial charge in [0.1, 0.15) is 16.5 Å². The second-order valence-corrected chi connectivity index (χ2v) is 9.05. The predicted octanol–water partition coefficient (Wildman–Crippen LogP) is 3.64. The minimum absolute atomic E-state index is 0.102. The summed E-state index contributed by atoms with van der Waals surface area (Å²) in [7, 11) is -4.08. The molecule has 1 atom stereocenters. The highest BCUT2D eigenvalue weighted by Gasteiger charge is 2.34. The zero-order valence-corrected chi connectivity index (χ0v) is 15.6. The van der Waals surface area contributed by atoms with Crippen molar-refractivity contribution < 1.29 is 21.6 Å². The van der Waals surface area contributed by atoms with Crippen LogP contribution >= 0.6 is 11.3 Å². The molecule has 1 aliphatic heterocycles. The third-order valence-electron chi connectivity index (χ3n) is 4.42. The van der Waals surface area contributed by atoms with Crippen LogP contribution in [-0.4, -0.2) is 36.0 Å². The van der Waals surface area contributed by atoms with Gasteiger partial charge in [-0.2, -0.15) is 4.31 Å². The number of hydrogen-bond donors (Lipinski definition) is 0. The molecule has 1 saturated heterocycles. The van der Waals surface area contributed by atoms with Gasteiger partial charge >= 0.3 is 0 Å². The van der Waals surface area contributed by atoms with E-state index in [1.165, 1.54) is 15.6 Å². The Labute approximate surface area is 158 Å². The molecule has 3 aromatic rings. The van der Waals surface area contributed by atoms with Crippen molar-refractivity contribution in [2.24, 2.45) is 0 Å². The number of aromatic nitrogens is 2. The molecule has 1 aliphatic rings. The van der Waals surface area contributed by atoms with E-state index in [4.69, 9.17) is 4.42 Å². The molecule has 0 bridgehead atoms. The maximum atomic E-state index is 14.0. The van der Waals surface area contributed by atoms with Gasteiger partial charge in [-0.05, 0) is 36.4 Å². The molecule has 0 spiro atoms. The maximum Gasteiger partial charge on any atom is 0.257 e. The van der Waals surface area contributed by atoms with Gasteiger partial charge in [0.15, 0.2) is 0 Å². The van der Waals surface area contributed by atoms with E-state index in [1.807, 2.05) is 17.5 Å². The van der Waals surface area contributed by atoms with Crippen LogP contribution in [0.5, 0.6) is 0 Å². The molecule has 4 rings (SSSR count). The number of halogens is 2. The fourth-order valence-corrected chi connectivity index (χ4v) is 5.30. The molecule has 1 fully saturated rings. The van der Waals surface area contributed by atoms with Crippen molar-refractivity contribution in [3.05, 3.63) is 53.2 Å². The molecule has 142 valence electrons. The van der Waals surface area contributed by atoms with E-state index in [0.29, 0.717) is 30.7 Å². The number of hydrogen-bond acceptors (Lipinski definition) is 6.